The number of imidazole rings is 1. The van der Waals surface area contributed by atoms with E-state index in [4.69, 9.17) is 10.5 Å². The van der Waals surface area contributed by atoms with Crippen LogP contribution in [0.2, 0.25) is 0 Å². The number of nitrogens with zero attached hydrogens (tertiary/aromatic N) is 5. The van der Waals surface area contributed by atoms with E-state index in [1.165, 1.54) is 11.3 Å². The number of thiazole rings is 1. The van der Waals surface area contributed by atoms with Gasteiger partial charge in [-0.25, -0.2) is 15.0 Å². The number of aromatic nitrogens is 5. The van der Waals surface area contributed by atoms with Gasteiger partial charge in [-0.3, -0.25) is 4.57 Å². The summed E-state index contributed by atoms with van der Waals surface area (Å²) in [5.41, 5.74) is 7.52. The van der Waals surface area contributed by atoms with Crippen LogP contribution in [0.4, 0.5) is 5.95 Å². The number of nitrogens with two attached hydrogens (primary N) is 1. The summed E-state index contributed by atoms with van der Waals surface area (Å²) in [6.07, 6.45) is 1.86. The topological polar surface area (TPSA) is 132 Å². The average Bonchev–Trinajstić information content (AvgIpc) is 3.24. The molecule has 0 bridgehead atoms. The first-order valence-corrected chi connectivity index (χ1v) is 8.25. The van der Waals surface area contributed by atoms with Crippen LogP contribution in [0, 0.1) is 6.92 Å². The lowest BCUT2D eigenvalue weighted by molar-refractivity contribution is -0.0432. The third kappa shape index (κ3) is 2.44. The van der Waals surface area contributed by atoms with Crippen LogP contribution in [0.25, 0.3) is 21.9 Å². The van der Waals surface area contributed by atoms with E-state index < -0.39 is 18.4 Å². The Kier molecular flexibility index (Phi) is 3.68. The van der Waals surface area contributed by atoms with Crippen molar-refractivity contribution in [3.8, 4) is 10.7 Å². The molecule has 0 amide bonds. The van der Waals surface area contributed by atoms with Crippen molar-refractivity contribution in [2.24, 2.45) is 0 Å². The highest BCUT2D eigenvalue weighted by molar-refractivity contribution is 7.15. The molecule has 0 saturated carbocycles. The molecule has 126 valence electrons. The molecule has 1 aliphatic rings. The normalized spacial score (nSPS) is 24.0. The van der Waals surface area contributed by atoms with Gasteiger partial charge in [0.1, 0.15) is 28.6 Å². The SMILES string of the molecule is Cc1cnc(-c2nc(N)nc3c2ncn3[C@@H]2C[C@H](O)[C@@H](CO)O2)s1. The van der Waals surface area contributed by atoms with Gasteiger partial charge < -0.3 is 20.7 Å². The van der Waals surface area contributed by atoms with Crippen molar-refractivity contribution >= 4 is 28.4 Å². The van der Waals surface area contributed by atoms with E-state index >= 15 is 0 Å². The molecule has 4 rings (SSSR count). The highest BCUT2D eigenvalue weighted by Crippen LogP contribution is 2.34. The number of fused-ring (bicyclic) bond motifs is 1. The standard InChI is InChI=1S/C14H16N6O3S/c1-6-3-16-13(24-6)11-10-12(19-14(15)18-11)20(5-17-10)9-2-7(22)8(4-21)23-9/h3,5,7-9,21-22H,2,4H2,1H3,(H2,15,18,19)/t7-,8+,9-/m0/s1. The number of hydrogen-bond acceptors (Lipinski definition) is 9. The highest BCUT2D eigenvalue weighted by atomic mass is 32.1. The number of aliphatic hydroxyl groups excluding tert-OH is 2. The Bertz CT molecular complexity index is 894. The number of hydrogen-bond donors (Lipinski definition) is 3. The monoisotopic (exact) mass is 348 g/mol. The Labute approximate surface area is 140 Å². The molecule has 24 heavy (non-hydrogen) atoms. The Balaban J connectivity index is 1.81. The van der Waals surface area contributed by atoms with Crippen molar-refractivity contribution in [1.29, 1.82) is 0 Å². The zero-order chi connectivity index (χ0) is 16.8. The maximum Gasteiger partial charge on any atom is 0.222 e. The maximum atomic E-state index is 9.94. The fourth-order valence-electron chi connectivity index (χ4n) is 2.81. The number of ether oxygens (including phenoxy) is 1. The molecule has 10 heteroatoms. The van der Waals surface area contributed by atoms with Gasteiger partial charge in [-0.05, 0) is 6.92 Å². The van der Waals surface area contributed by atoms with Crippen LogP contribution >= 0.6 is 11.3 Å². The Morgan fingerprint density at radius 2 is 2.25 bits per heavy atom. The smallest absolute Gasteiger partial charge is 0.222 e. The molecule has 1 fully saturated rings. The first-order chi connectivity index (χ1) is 11.6. The van der Waals surface area contributed by atoms with Gasteiger partial charge in [-0.1, -0.05) is 0 Å². The molecule has 0 spiro atoms. The van der Waals surface area contributed by atoms with E-state index in [2.05, 4.69) is 19.9 Å². The molecule has 1 saturated heterocycles. The largest absolute Gasteiger partial charge is 0.394 e. The third-order valence-electron chi connectivity index (χ3n) is 3.96. The zero-order valence-corrected chi connectivity index (χ0v) is 13.6. The molecule has 3 aromatic rings. The van der Waals surface area contributed by atoms with Crippen LogP contribution in [0.3, 0.4) is 0 Å². The van der Waals surface area contributed by atoms with Gasteiger partial charge in [-0.2, -0.15) is 4.98 Å². The summed E-state index contributed by atoms with van der Waals surface area (Å²) in [4.78, 5) is 18.3. The van der Waals surface area contributed by atoms with Crippen molar-refractivity contribution in [1.82, 2.24) is 24.5 Å². The van der Waals surface area contributed by atoms with Crippen molar-refractivity contribution in [3.05, 3.63) is 17.4 Å². The Morgan fingerprint density at radius 3 is 2.92 bits per heavy atom. The second kappa shape index (κ2) is 5.74. The summed E-state index contributed by atoms with van der Waals surface area (Å²) in [5.74, 6) is 0.115. The van der Waals surface area contributed by atoms with E-state index in [0.717, 1.165) is 9.88 Å². The zero-order valence-electron chi connectivity index (χ0n) is 12.8. The number of nitrogen functional groups attached to an aromatic ring is 1. The van der Waals surface area contributed by atoms with Gasteiger partial charge in [0.25, 0.3) is 0 Å². The minimum atomic E-state index is -0.738. The van der Waals surface area contributed by atoms with Crippen LogP contribution in [-0.2, 0) is 4.74 Å². The van der Waals surface area contributed by atoms with Gasteiger partial charge in [0.15, 0.2) is 5.65 Å². The fraction of sp³-hybridized carbons (Fsp3) is 0.429. The van der Waals surface area contributed by atoms with E-state index in [1.807, 2.05) is 6.92 Å². The first kappa shape index (κ1) is 15.4. The molecule has 4 N–H and O–H groups in total. The maximum absolute atomic E-state index is 9.94. The van der Waals surface area contributed by atoms with Crippen LogP contribution in [-0.4, -0.2) is 53.5 Å². The van der Waals surface area contributed by atoms with Crippen LogP contribution < -0.4 is 5.73 Å². The van der Waals surface area contributed by atoms with Crippen molar-refractivity contribution < 1.29 is 14.9 Å². The summed E-state index contributed by atoms with van der Waals surface area (Å²) in [5, 5.41) is 19.9. The van der Waals surface area contributed by atoms with Crippen LogP contribution in [0.1, 0.15) is 17.5 Å². The highest BCUT2D eigenvalue weighted by Gasteiger charge is 2.35. The van der Waals surface area contributed by atoms with Crippen molar-refractivity contribution in [2.75, 3.05) is 12.3 Å². The van der Waals surface area contributed by atoms with E-state index in [1.54, 1.807) is 17.1 Å². The van der Waals surface area contributed by atoms with Gasteiger partial charge in [-0.15, -0.1) is 11.3 Å². The summed E-state index contributed by atoms with van der Waals surface area (Å²) in [6.45, 7) is 1.72. The minimum absolute atomic E-state index is 0.115. The van der Waals surface area contributed by atoms with E-state index in [0.29, 0.717) is 23.3 Å². The molecule has 3 atom stereocenters. The molecule has 0 radical (unpaired) electrons. The number of aryl methyl sites for hydroxylation is 1. The average molecular weight is 348 g/mol. The summed E-state index contributed by atoms with van der Waals surface area (Å²) in [6, 6.07) is 0. The summed E-state index contributed by atoms with van der Waals surface area (Å²) in [7, 11) is 0. The molecule has 4 heterocycles. The number of anilines is 1. The van der Waals surface area contributed by atoms with Gasteiger partial charge >= 0.3 is 0 Å². The number of aliphatic hydroxyl groups is 2. The van der Waals surface area contributed by atoms with Crippen molar-refractivity contribution in [2.45, 2.75) is 31.8 Å². The predicted octanol–water partition coefficient (Wildman–Crippen LogP) is 0.481. The van der Waals surface area contributed by atoms with Gasteiger partial charge in [0, 0.05) is 17.5 Å². The Morgan fingerprint density at radius 1 is 1.42 bits per heavy atom. The molecule has 0 aliphatic carbocycles. The van der Waals surface area contributed by atoms with Gasteiger partial charge in [0.2, 0.25) is 5.95 Å². The lowest BCUT2D eigenvalue weighted by atomic mass is 10.2. The lowest BCUT2D eigenvalue weighted by Crippen LogP contribution is -2.24. The summed E-state index contributed by atoms with van der Waals surface area (Å²) >= 11 is 1.50. The van der Waals surface area contributed by atoms with Crippen molar-refractivity contribution in [3.63, 3.8) is 0 Å². The molecule has 1 aliphatic heterocycles. The second-order valence-electron chi connectivity index (χ2n) is 5.65. The Hall–Kier alpha value is -2.14. The van der Waals surface area contributed by atoms with E-state index in [9.17, 15) is 10.2 Å². The fourth-order valence-corrected chi connectivity index (χ4v) is 3.56. The molecular formula is C14H16N6O3S. The van der Waals surface area contributed by atoms with Gasteiger partial charge in [0.05, 0.1) is 19.0 Å². The second-order valence-corrected chi connectivity index (χ2v) is 6.88. The molecular weight excluding hydrogens is 332 g/mol. The van der Waals surface area contributed by atoms with Crippen LogP contribution in [0.5, 0.6) is 0 Å². The van der Waals surface area contributed by atoms with Crippen LogP contribution in [0.15, 0.2) is 12.5 Å². The third-order valence-corrected chi connectivity index (χ3v) is 4.88. The van der Waals surface area contributed by atoms with E-state index in [-0.39, 0.29) is 12.6 Å². The lowest BCUT2D eigenvalue weighted by Gasteiger charge is -2.13. The minimum Gasteiger partial charge on any atom is -0.394 e. The molecule has 0 unspecified atom stereocenters. The first-order valence-electron chi connectivity index (χ1n) is 7.44. The molecule has 9 nitrogen and oxygen atoms in total. The quantitative estimate of drug-likeness (QED) is 0.623. The molecule has 3 aromatic heterocycles. The summed E-state index contributed by atoms with van der Waals surface area (Å²) < 4.78 is 7.38. The molecule has 0 aromatic carbocycles. The predicted molar refractivity (Wildman–Crippen MR) is 87.2 cm³/mol. The number of rotatable bonds is 3.